The van der Waals surface area contributed by atoms with Crippen LogP contribution in [0.15, 0.2) is 93.8 Å². The summed E-state index contributed by atoms with van der Waals surface area (Å²) in [5.41, 5.74) is 3.30. The van der Waals surface area contributed by atoms with Crippen LogP contribution in [0.2, 0.25) is 0 Å². The third kappa shape index (κ3) is 5.36. The first-order chi connectivity index (χ1) is 20.0. The summed E-state index contributed by atoms with van der Waals surface area (Å²) in [5.74, 6) is 1.16. The van der Waals surface area contributed by atoms with Crippen molar-refractivity contribution in [3.63, 3.8) is 0 Å². The van der Waals surface area contributed by atoms with Crippen molar-refractivity contribution in [3.05, 3.63) is 106 Å². The Labute approximate surface area is 239 Å². The Morgan fingerprint density at radius 1 is 1.05 bits per heavy atom. The van der Waals surface area contributed by atoms with Gasteiger partial charge in [0.25, 0.3) is 11.5 Å². The molecule has 4 heterocycles. The number of aromatic nitrogens is 2. The fourth-order valence-corrected chi connectivity index (χ4v) is 5.69. The number of nitrogens with zero attached hydrogens (tertiary/aromatic N) is 5. The number of amidine groups is 2. The molecule has 2 amide bonds. The smallest absolute Gasteiger partial charge is 0.259 e. The van der Waals surface area contributed by atoms with Gasteiger partial charge < -0.3 is 10.1 Å². The van der Waals surface area contributed by atoms with E-state index in [0.717, 1.165) is 11.1 Å². The van der Waals surface area contributed by atoms with Gasteiger partial charge >= 0.3 is 0 Å². The molecule has 1 unspecified atom stereocenters. The molecule has 0 spiro atoms. The molecule has 0 fully saturated rings. The highest BCUT2D eigenvalue weighted by Gasteiger charge is 2.41. The standard InChI is InChI=1S/C30H26N6O4S/c1-40-24-11-5-2-8-19(24)17-31-26(37)14-13-23-29(39)36-28(33-23)21-9-3-4-10-22(21)34-30(36)41-18-20-16-27(38)35-15-7-6-12-25(35)32-20/h2-12,15-16,23H,13-14,17-18H2,1H3,(H,31,37). The molecule has 2 aliphatic rings. The van der Waals surface area contributed by atoms with Crippen LogP contribution in [-0.4, -0.2) is 50.3 Å². The Bertz CT molecular complexity index is 1780. The molecule has 0 saturated heterocycles. The molecule has 2 aromatic carbocycles. The number of aliphatic imine (C=N–C) groups is 2. The number of carbonyl (C=O) groups is 2. The first kappa shape index (κ1) is 26.5. The van der Waals surface area contributed by atoms with Crippen LogP contribution >= 0.6 is 11.8 Å². The maximum Gasteiger partial charge on any atom is 0.259 e. The van der Waals surface area contributed by atoms with Crippen molar-refractivity contribution < 1.29 is 14.3 Å². The lowest BCUT2D eigenvalue weighted by molar-refractivity contribution is -0.125. The molecule has 2 aromatic heterocycles. The highest BCUT2D eigenvalue weighted by Crippen LogP contribution is 2.35. The molecule has 0 saturated carbocycles. The van der Waals surface area contributed by atoms with Crippen molar-refractivity contribution in [1.29, 1.82) is 0 Å². The Morgan fingerprint density at radius 2 is 1.85 bits per heavy atom. The average molecular weight is 567 g/mol. The van der Waals surface area contributed by atoms with Crippen molar-refractivity contribution in [3.8, 4) is 5.75 Å². The number of benzene rings is 2. The molecule has 11 heteroatoms. The van der Waals surface area contributed by atoms with Gasteiger partial charge in [-0.25, -0.2) is 14.9 Å². The zero-order valence-corrected chi connectivity index (χ0v) is 23.0. The predicted octanol–water partition coefficient (Wildman–Crippen LogP) is 3.69. The molecule has 1 N–H and O–H groups in total. The van der Waals surface area contributed by atoms with Gasteiger partial charge in [-0.1, -0.05) is 48.2 Å². The zero-order valence-electron chi connectivity index (χ0n) is 22.2. The maximum atomic E-state index is 13.6. The lowest BCUT2D eigenvalue weighted by atomic mass is 10.1. The minimum Gasteiger partial charge on any atom is -0.496 e. The van der Waals surface area contributed by atoms with Crippen LogP contribution in [0.4, 0.5) is 5.69 Å². The number of methoxy groups -OCH3 is 1. The van der Waals surface area contributed by atoms with E-state index >= 15 is 0 Å². The quantitative estimate of drug-likeness (QED) is 0.348. The van der Waals surface area contributed by atoms with E-state index in [1.54, 1.807) is 25.4 Å². The van der Waals surface area contributed by atoms with E-state index in [4.69, 9.17) is 14.7 Å². The summed E-state index contributed by atoms with van der Waals surface area (Å²) in [5, 5.41) is 3.36. The summed E-state index contributed by atoms with van der Waals surface area (Å²) in [4.78, 5) is 54.4. The summed E-state index contributed by atoms with van der Waals surface area (Å²) in [7, 11) is 1.59. The molecule has 2 aliphatic heterocycles. The number of fused-ring (bicyclic) bond motifs is 4. The molecule has 206 valence electrons. The van der Waals surface area contributed by atoms with Crippen LogP contribution in [0.5, 0.6) is 5.75 Å². The molecule has 0 aliphatic carbocycles. The van der Waals surface area contributed by atoms with Crippen molar-refractivity contribution in [2.24, 2.45) is 9.98 Å². The van der Waals surface area contributed by atoms with Gasteiger partial charge in [-0.05, 0) is 36.8 Å². The van der Waals surface area contributed by atoms with Crippen molar-refractivity contribution >= 4 is 45.9 Å². The minimum absolute atomic E-state index is 0.141. The van der Waals surface area contributed by atoms with Crippen molar-refractivity contribution in [1.82, 2.24) is 19.6 Å². The van der Waals surface area contributed by atoms with Crippen LogP contribution in [0, 0.1) is 0 Å². The summed E-state index contributed by atoms with van der Waals surface area (Å²) in [6.07, 6.45) is 2.08. The van der Waals surface area contributed by atoms with Gasteiger partial charge in [-0.3, -0.25) is 23.8 Å². The fraction of sp³-hybridized carbons (Fsp3) is 0.200. The molecule has 0 bridgehead atoms. The SMILES string of the molecule is COc1ccccc1CNC(=O)CCC1N=C2c3ccccc3N=C(SCc3cc(=O)n4ccccc4n3)N2C1=O. The Balaban J connectivity index is 1.16. The lowest BCUT2D eigenvalue weighted by Crippen LogP contribution is -2.41. The number of rotatable bonds is 8. The minimum atomic E-state index is -0.706. The lowest BCUT2D eigenvalue weighted by Gasteiger charge is -2.25. The van der Waals surface area contributed by atoms with E-state index in [2.05, 4.69) is 10.3 Å². The normalized spacial score (nSPS) is 15.7. The van der Waals surface area contributed by atoms with E-state index in [9.17, 15) is 14.4 Å². The molecular formula is C30H26N6O4S. The van der Waals surface area contributed by atoms with Crippen LogP contribution in [-0.2, 0) is 21.9 Å². The molecule has 1 atom stereocenters. The van der Waals surface area contributed by atoms with Gasteiger partial charge in [0.1, 0.15) is 23.3 Å². The first-order valence-corrected chi connectivity index (χ1v) is 14.1. The molecule has 4 aromatic rings. The number of thioether (sulfide) groups is 1. The number of hydrogen-bond acceptors (Lipinski definition) is 8. The van der Waals surface area contributed by atoms with E-state index in [-0.39, 0.29) is 30.2 Å². The highest BCUT2D eigenvalue weighted by atomic mass is 32.2. The Kier molecular flexibility index (Phi) is 7.34. The highest BCUT2D eigenvalue weighted by molar-refractivity contribution is 8.13. The number of hydrogen-bond donors (Lipinski definition) is 1. The Hall–Kier alpha value is -4.77. The molecule has 10 nitrogen and oxygen atoms in total. The summed E-state index contributed by atoms with van der Waals surface area (Å²) in [6, 6.07) is 21.2. The van der Waals surface area contributed by atoms with Gasteiger partial charge in [-0.15, -0.1) is 0 Å². The predicted molar refractivity (Wildman–Crippen MR) is 158 cm³/mol. The van der Waals surface area contributed by atoms with Crippen LogP contribution in [0.25, 0.3) is 5.65 Å². The largest absolute Gasteiger partial charge is 0.496 e. The second kappa shape index (κ2) is 11.4. The second-order valence-electron chi connectivity index (χ2n) is 9.48. The number of pyridine rings is 1. The van der Waals surface area contributed by atoms with Crippen molar-refractivity contribution in [2.45, 2.75) is 31.2 Å². The number of carbonyl (C=O) groups excluding carboxylic acids is 2. The number of nitrogens with one attached hydrogen (secondary N) is 1. The molecule has 6 rings (SSSR count). The van der Waals surface area contributed by atoms with Gasteiger partial charge in [0.05, 0.1) is 18.5 Å². The Morgan fingerprint density at radius 3 is 2.73 bits per heavy atom. The topological polar surface area (TPSA) is 118 Å². The van der Waals surface area contributed by atoms with Gasteiger partial charge in [0.15, 0.2) is 5.17 Å². The van der Waals surface area contributed by atoms with Crippen molar-refractivity contribution in [2.75, 3.05) is 7.11 Å². The second-order valence-corrected chi connectivity index (χ2v) is 10.4. The maximum absolute atomic E-state index is 13.6. The van der Waals surface area contributed by atoms with E-state index < -0.39 is 6.04 Å². The zero-order chi connectivity index (χ0) is 28.3. The fourth-order valence-electron chi connectivity index (χ4n) is 4.80. The van der Waals surface area contributed by atoms with E-state index in [1.807, 2.05) is 54.6 Å². The third-order valence-corrected chi connectivity index (χ3v) is 7.81. The molecular weight excluding hydrogens is 540 g/mol. The number of amides is 2. The number of ether oxygens (including phenoxy) is 1. The number of para-hydroxylation sites is 2. The van der Waals surface area contributed by atoms with Gasteiger partial charge in [0.2, 0.25) is 5.91 Å². The first-order valence-electron chi connectivity index (χ1n) is 13.1. The van der Waals surface area contributed by atoms with Crippen LogP contribution < -0.4 is 15.6 Å². The summed E-state index contributed by atoms with van der Waals surface area (Å²) in [6.45, 7) is 0.329. The summed E-state index contributed by atoms with van der Waals surface area (Å²) < 4.78 is 6.83. The van der Waals surface area contributed by atoms with Gasteiger partial charge in [-0.2, -0.15) is 0 Å². The van der Waals surface area contributed by atoms with Crippen LogP contribution in [0.1, 0.15) is 29.7 Å². The molecule has 41 heavy (non-hydrogen) atoms. The monoisotopic (exact) mass is 566 g/mol. The van der Waals surface area contributed by atoms with E-state index in [1.165, 1.54) is 27.1 Å². The summed E-state index contributed by atoms with van der Waals surface area (Å²) >= 11 is 1.32. The molecule has 0 radical (unpaired) electrons. The third-order valence-electron chi connectivity index (χ3n) is 6.83. The van der Waals surface area contributed by atoms with E-state index in [0.29, 0.717) is 46.1 Å². The average Bonchev–Trinajstić information content (AvgIpc) is 3.34. The van der Waals surface area contributed by atoms with Crippen LogP contribution in [0.3, 0.4) is 0 Å². The van der Waals surface area contributed by atoms with Gasteiger partial charge in [0, 0.05) is 42.1 Å².